The summed E-state index contributed by atoms with van der Waals surface area (Å²) in [6.07, 6.45) is 3.67. The minimum atomic E-state index is 0. The maximum Gasteiger partial charge on any atom is 0.161 e. The summed E-state index contributed by atoms with van der Waals surface area (Å²) >= 11 is 0. The Balaban J connectivity index is 0.00000220. The molecule has 0 aliphatic heterocycles. The molecule has 1 saturated carbocycles. The minimum absolute atomic E-state index is 0. The molecule has 5 heteroatoms. The van der Waals surface area contributed by atoms with Gasteiger partial charge in [-0.15, -0.1) is 12.4 Å². The van der Waals surface area contributed by atoms with Crippen LogP contribution in [0.25, 0.3) is 0 Å². The van der Waals surface area contributed by atoms with Crippen molar-refractivity contribution in [3.05, 3.63) is 23.8 Å². The monoisotopic (exact) mass is 315 g/mol. The van der Waals surface area contributed by atoms with Gasteiger partial charge in [0.2, 0.25) is 0 Å². The van der Waals surface area contributed by atoms with E-state index in [1.165, 1.54) is 18.4 Å². The van der Waals surface area contributed by atoms with E-state index in [1.807, 2.05) is 13.0 Å². The molecule has 1 unspecified atom stereocenters. The van der Waals surface area contributed by atoms with E-state index in [0.717, 1.165) is 24.5 Å². The van der Waals surface area contributed by atoms with Crippen LogP contribution in [-0.4, -0.2) is 33.0 Å². The summed E-state index contributed by atoms with van der Waals surface area (Å²) in [6.45, 7) is 3.56. The lowest BCUT2D eigenvalue weighted by Crippen LogP contribution is -2.15. The third-order valence-corrected chi connectivity index (χ3v) is 3.58. The summed E-state index contributed by atoms with van der Waals surface area (Å²) in [5.74, 6) is 1.59. The van der Waals surface area contributed by atoms with Crippen LogP contribution in [0.2, 0.25) is 0 Å². The molecule has 0 aromatic heterocycles. The highest BCUT2D eigenvalue weighted by Crippen LogP contribution is 2.29. The van der Waals surface area contributed by atoms with Crippen molar-refractivity contribution in [1.82, 2.24) is 5.32 Å². The zero-order valence-electron chi connectivity index (χ0n) is 13.1. The molecule has 2 rings (SSSR count). The summed E-state index contributed by atoms with van der Waals surface area (Å²) in [4.78, 5) is 0. The van der Waals surface area contributed by atoms with Crippen molar-refractivity contribution in [1.29, 1.82) is 0 Å². The predicted molar refractivity (Wildman–Crippen MR) is 86.7 cm³/mol. The standard InChI is InChI=1S/C16H25NO3.ClH/c1-12(18-2)8-9-20-16-10-13(4-7-15(16)19-3)11-17-14-5-6-14;/h4,7,10,12,14,17H,5-6,8-9,11H2,1-3H3;1H. The van der Waals surface area contributed by atoms with Gasteiger partial charge in [0.25, 0.3) is 0 Å². The largest absolute Gasteiger partial charge is 0.493 e. The van der Waals surface area contributed by atoms with Gasteiger partial charge in [0.15, 0.2) is 11.5 Å². The lowest BCUT2D eigenvalue weighted by Gasteiger charge is -2.14. The SMILES string of the molecule is COc1ccc(CNC2CC2)cc1OCCC(C)OC.Cl. The van der Waals surface area contributed by atoms with E-state index in [0.29, 0.717) is 12.6 Å². The van der Waals surface area contributed by atoms with Gasteiger partial charge in [-0.1, -0.05) is 6.07 Å². The van der Waals surface area contributed by atoms with Crippen LogP contribution in [0.15, 0.2) is 18.2 Å². The Kier molecular flexibility index (Phi) is 7.86. The zero-order valence-corrected chi connectivity index (χ0v) is 13.9. The average Bonchev–Trinajstić information content (AvgIpc) is 3.29. The van der Waals surface area contributed by atoms with Crippen molar-refractivity contribution >= 4 is 12.4 Å². The summed E-state index contributed by atoms with van der Waals surface area (Å²) in [5.41, 5.74) is 1.23. The van der Waals surface area contributed by atoms with Gasteiger partial charge in [0, 0.05) is 26.1 Å². The lowest BCUT2D eigenvalue weighted by molar-refractivity contribution is 0.0950. The fraction of sp³-hybridized carbons (Fsp3) is 0.625. The summed E-state index contributed by atoms with van der Waals surface area (Å²) in [7, 11) is 3.39. The van der Waals surface area contributed by atoms with Gasteiger partial charge < -0.3 is 19.5 Å². The van der Waals surface area contributed by atoms with Crippen LogP contribution in [-0.2, 0) is 11.3 Å². The Hall–Kier alpha value is -0.970. The van der Waals surface area contributed by atoms with Crippen LogP contribution in [0.3, 0.4) is 0 Å². The molecule has 1 aromatic carbocycles. The number of nitrogens with one attached hydrogen (secondary N) is 1. The number of methoxy groups -OCH3 is 2. The molecule has 21 heavy (non-hydrogen) atoms. The van der Waals surface area contributed by atoms with E-state index in [4.69, 9.17) is 14.2 Å². The van der Waals surface area contributed by atoms with E-state index in [9.17, 15) is 0 Å². The summed E-state index contributed by atoms with van der Waals surface area (Å²) in [6, 6.07) is 6.83. The molecule has 0 spiro atoms. The summed E-state index contributed by atoms with van der Waals surface area (Å²) < 4.78 is 16.4. The highest BCUT2D eigenvalue weighted by atomic mass is 35.5. The smallest absolute Gasteiger partial charge is 0.161 e. The van der Waals surface area contributed by atoms with Gasteiger partial charge in [-0.3, -0.25) is 0 Å². The number of halogens is 1. The zero-order chi connectivity index (χ0) is 14.4. The molecule has 1 fully saturated rings. The van der Waals surface area contributed by atoms with E-state index in [-0.39, 0.29) is 18.5 Å². The second-order valence-corrected chi connectivity index (χ2v) is 5.32. The fourth-order valence-electron chi connectivity index (χ4n) is 1.95. The van der Waals surface area contributed by atoms with E-state index in [1.54, 1.807) is 14.2 Å². The highest BCUT2D eigenvalue weighted by molar-refractivity contribution is 5.85. The molecule has 1 aliphatic rings. The van der Waals surface area contributed by atoms with Crippen LogP contribution in [0.4, 0.5) is 0 Å². The number of rotatable bonds is 9. The van der Waals surface area contributed by atoms with E-state index >= 15 is 0 Å². The molecule has 0 bridgehead atoms. The summed E-state index contributed by atoms with van der Waals surface area (Å²) in [5, 5.41) is 3.50. The first kappa shape index (κ1) is 18.1. The van der Waals surface area contributed by atoms with Gasteiger partial charge >= 0.3 is 0 Å². The normalized spacial score (nSPS) is 15.2. The molecular formula is C16H26ClNO3. The first-order valence-corrected chi connectivity index (χ1v) is 7.29. The molecule has 0 heterocycles. The van der Waals surface area contributed by atoms with Crippen LogP contribution >= 0.6 is 12.4 Å². The first-order chi connectivity index (χ1) is 9.72. The molecule has 0 radical (unpaired) electrons. The van der Waals surface area contributed by atoms with Crippen LogP contribution in [0, 0.1) is 0 Å². The van der Waals surface area contributed by atoms with Crippen molar-refractivity contribution in [3.8, 4) is 11.5 Å². The molecule has 1 atom stereocenters. The Labute approximate surface area is 133 Å². The van der Waals surface area contributed by atoms with Crippen molar-refractivity contribution in [3.63, 3.8) is 0 Å². The molecule has 1 N–H and O–H groups in total. The Morgan fingerprint density at radius 3 is 2.62 bits per heavy atom. The number of hydrogen-bond acceptors (Lipinski definition) is 4. The Morgan fingerprint density at radius 2 is 2.00 bits per heavy atom. The van der Waals surface area contributed by atoms with E-state index in [2.05, 4.69) is 17.4 Å². The molecule has 0 saturated heterocycles. The van der Waals surface area contributed by atoms with Crippen LogP contribution in [0.1, 0.15) is 31.7 Å². The number of hydrogen-bond donors (Lipinski definition) is 1. The second-order valence-electron chi connectivity index (χ2n) is 5.32. The van der Waals surface area contributed by atoms with Gasteiger partial charge in [0.05, 0.1) is 19.8 Å². The number of ether oxygens (including phenoxy) is 3. The van der Waals surface area contributed by atoms with Crippen LogP contribution in [0.5, 0.6) is 11.5 Å². The Morgan fingerprint density at radius 1 is 1.24 bits per heavy atom. The van der Waals surface area contributed by atoms with Gasteiger partial charge in [-0.25, -0.2) is 0 Å². The minimum Gasteiger partial charge on any atom is -0.493 e. The average molecular weight is 316 g/mol. The second kappa shape index (κ2) is 9.13. The lowest BCUT2D eigenvalue weighted by atomic mass is 10.2. The van der Waals surface area contributed by atoms with Crippen molar-refractivity contribution < 1.29 is 14.2 Å². The quantitative estimate of drug-likeness (QED) is 0.760. The first-order valence-electron chi connectivity index (χ1n) is 7.29. The molecule has 1 aliphatic carbocycles. The fourth-order valence-corrected chi connectivity index (χ4v) is 1.95. The third-order valence-electron chi connectivity index (χ3n) is 3.58. The van der Waals surface area contributed by atoms with Gasteiger partial charge in [0.1, 0.15) is 0 Å². The van der Waals surface area contributed by atoms with Crippen LogP contribution < -0.4 is 14.8 Å². The molecule has 1 aromatic rings. The maximum absolute atomic E-state index is 5.83. The molecule has 4 nitrogen and oxygen atoms in total. The van der Waals surface area contributed by atoms with Crippen molar-refractivity contribution in [2.75, 3.05) is 20.8 Å². The topological polar surface area (TPSA) is 39.7 Å². The van der Waals surface area contributed by atoms with E-state index < -0.39 is 0 Å². The highest BCUT2D eigenvalue weighted by Gasteiger charge is 2.20. The third kappa shape index (κ3) is 6.12. The maximum atomic E-state index is 5.83. The molecular weight excluding hydrogens is 290 g/mol. The van der Waals surface area contributed by atoms with Gasteiger partial charge in [-0.05, 0) is 37.5 Å². The van der Waals surface area contributed by atoms with Gasteiger partial charge in [-0.2, -0.15) is 0 Å². The molecule has 120 valence electrons. The number of benzene rings is 1. The Bertz CT molecular complexity index is 424. The van der Waals surface area contributed by atoms with Crippen molar-refractivity contribution in [2.45, 2.75) is 44.9 Å². The predicted octanol–water partition coefficient (Wildman–Crippen LogP) is 3.17. The van der Waals surface area contributed by atoms with Crippen molar-refractivity contribution in [2.24, 2.45) is 0 Å². The molecule has 0 amide bonds.